The first-order chi connectivity index (χ1) is 9.67. The van der Waals surface area contributed by atoms with Gasteiger partial charge in [0, 0.05) is 6.20 Å². The molecule has 4 aliphatic carbocycles. The molecule has 4 aliphatic rings. The van der Waals surface area contributed by atoms with Crippen molar-refractivity contribution in [3.63, 3.8) is 0 Å². The maximum Gasteiger partial charge on any atom is 0.141 e. The number of nitrogen functional groups attached to an aromatic ring is 1. The van der Waals surface area contributed by atoms with Gasteiger partial charge in [0.15, 0.2) is 0 Å². The zero-order chi connectivity index (χ0) is 13.7. The number of pyridine rings is 1. The molecule has 0 spiro atoms. The fourth-order valence-corrected chi connectivity index (χ4v) is 5.71. The molecule has 104 valence electrons. The van der Waals surface area contributed by atoms with Crippen molar-refractivity contribution in [2.75, 3.05) is 5.73 Å². The summed E-state index contributed by atoms with van der Waals surface area (Å²) in [4.78, 5) is 4.06. The van der Waals surface area contributed by atoms with Gasteiger partial charge in [-0.15, -0.1) is 0 Å². The zero-order valence-electron chi connectivity index (χ0n) is 11.8. The molecule has 0 aromatic carbocycles. The van der Waals surface area contributed by atoms with Gasteiger partial charge in [-0.25, -0.2) is 4.98 Å². The number of nitrogens with zero attached hydrogens (tertiary/aromatic N) is 2. The summed E-state index contributed by atoms with van der Waals surface area (Å²) in [5.41, 5.74) is 8.06. The van der Waals surface area contributed by atoms with Crippen LogP contribution in [0.5, 0.6) is 0 Å². The Hall–Kier alpha value is -1.56. The van der Waals surface area contributed by atoms with Crippen LogP contribution in [0.3, 0.4) is 0 Å². The van der Waals surface area contributed by atoms with E-state index in [1.54, 1.807) is 6.20 Å². The van der Waals surface area contributed by atoms with Crippen LogP contribution in [0, 0.1) is 34.5 Å². The van der Waals surface area contributed by atoms with Crippen molar-refractivity contribution in [1.29, 1.82) is 5.26 Å². The minimum Gasteiger partial charge on any atom is -0.383 e. The van der Waals surface area contributed by atoms with Crippen LogP contribution in [0.15, 0.2) is 12.3 Å². The molecule has 0 unspecified atom stereocenters. The molecule has 4 saturated carbocycles. The lowest BCUT2D eigenvalue weighted by Gasteiger charge is -2.57. The number of nitriles is 1. The minimum atomic E-state index is 0.398. The Balaban J connectivity index is 1.67. The normalized spacial score (nSPS) is 37.9. The van der Waals surface area contributed by atoms with E-state index in [4.69, 9.17) is 5.73 Å². The summed E-state index contributed by atoms with van der Waals surface area (Å²) in [5, 5.41) is 9.34. The fraction of sp³-hybridized carbons (Fsp3) is 0.647. The van der Waals surface area contributed by atoms with Gasteiger partial charge >= 0.3 is 0 Å². The molecule has 0 saturated heterocycles. The third-order valence-electron chi connectivity index (χ3n) is 5.91. The maximum atomic E-state index is 9.34. The highest BCUT2D eigenvalue weighted by Gasteiger charge is 2.50. The average molecular weight is 267 g/mol. The summed E-state index contributed by atoms with van der Waals surface area (Å²) in [7, 11) is 0. The molecule has 3 nitrogen and oxygen atoms in total. The van der Waals surface area contributed by atoms with E-state index in [1.807, 2.05) is 6.07 Å². The molecule has 2 N–H and O–H groups in total. The Bertz CT molecular complexity index is 549. The quantitative estimate of drug-likeness (QED) is 0.894. The van der Waals surface area contributed by atoms with Gasteiger partial charge in [0.1, 0.15) is 11.9 Å². The molecule has 20 heavy (non-hydrogen) atoms. The summed E-state index contributed by atoms with van der Waals surface area (Å²) in [6.45, 7) is 0. The van der Waals surface area contributed by atoms with Crippen molar-refractivity contribution in [1.82, 2.24) is 4.98 Å². The SMILES string of the molecule is N#Cc1c(CC23CC4CC(CC(C4)C2)C3)ccnc1N. The summed E-state index contributed by atoms with van der Waals surface area (Å²) >= 11 is 0. The maximum absolute atomic E-state index is 9.34. The van der Waals surface area contributed by atoms with Crippen LogP contribution >= 0.6 is 0 Å². The lowest BCUT2D eigenvalue weighted by atomic mass is 9.48. The van der Waals surface area contributed by atoms with Crippen LogP contribution in [0.2, 0.25) is 0 Å². The summed E-state index contributed by atoms with van der Waals surface area (Å²) in [5.74, 6) is 3.25. The van der Waals surface area contributed by atoms with E-state index in [2.05, 4.69) is 11.1 Å². The summed E-state index contributed by atoms with van der Waals surface area (Å²) in [6.07, 6.45) is 11.3. The Kier molecular flexibility index (Phi) is 2.57. The number of hydrogen-bond acceptors (Lipinski definition) is 3. The summed E-state index contributed by atoms with van der Waals surface area (Å²) < 4.78 is 0. The Labute approximate surface area is 120 Å². The zero-order valence-corrected chi connectivity index (χ0v) is 11.8. The molecule has 3 heteroatoms. The van der Waals surface area contributed by atoms with Gasteiger partial charge in [0.25, 0.3) is 0 Å². The van der Waals surface area contributed by atoms with Crippen molar-refractivity contribution in [2.45, 2.75) is 44.9 Å². The van der Waals surface area contributed by atoms with Crippen LogP contribution in [-0.4, -0.2) is 4.98 Å². The standard InChI is InChI=1S/C17H21N3/c18-10-15-14(1-2-20-16(15)19)9-17-6-11-3-12(7-17)5-13(4-11)8-17/h1-2,11-13H,3-9H2,(H2,19,20). The van der Waals surface area contributed by atoms with E-state index in [0.717, 1.165) is 29.7 Å². The Morgan fingerprint density at radius 3 is 2.35 bits per heavy atom. The second kappa shape index (κ2) is 4.22. The molecule has 0 atom stereocenters. The van der Waals surface area contributed by atoms with Crippen molar-refractivity contribution < 1.29 is 0 Å². The van der Waals surface area contributed by atoms with Crippen molar-refractivity contribution in [3.8, 4) is 6.07 Å². The van der Waals surface area contributed by atoms with Gasteiger partial charge < -0.3 is 5.73 Å². The van der Waals surface area contributed by atoms with Crippen molar-refractivity contribution >= 4 is 5.82 Å². The topological polar surface area (TPSA) is 62.7 Å². The minimum absolute atomic E-state index is 0.398. The van der Waals surface area contributed by atoms with Gasteiger partial charge in [0.2, 0.25) is 0 Å². The summed E-state index contributed by atoms with van der Waals surface area (Å²) in [6, 6.07) is 4.27. The highest BCUT2D eigenvalue weighted by Crippen LogP contribution is 2.61. The predicted molar refractivity (Wildman–Crippen MR) is 77.7 cm³/mol. The van der Waals surface area contributed by atoms with Gasteiger partial charge in [-0.2, -0.15) is 5.26 Å². The molecule has 4 bridgehead atoms. The largest absolute Gasteiger partial charge is 0.383 e. The number of nitrogens with two attached hydrogens (primary N) is 1. The predicted octanol–water partition coefficient (Wildman–Crippen LogP) is 3.29. The number of aromatic nitrogens is 1. The van der Waals surface area contributed by atoms with Crippen molar-refractivity contribution in [2.24, 2.45) is 23.2 Å². The van der Waals surface area contributed by atoms with Gasteiger partial charge in [-0.3, -0.25) is 0 Å². The van der Waals surface area contributed by atoms with Crippen LogP contribution < -0.4 is 5.73 Å². The molecule has 0 amide bonds. The molecule has 4 fully saturated rings. The first-order valence-electron chi connectivity index (χ1n) is 7.81. The van der Waals surface area contributed by atoms with E-state index in [0.29, 0.717) is 16.8 Å². The Morgan fingerprint density at radius 2 is 1.80 bits per heavy atom. The smallest absolute Gasteiger partial charge is 0.141 e. The first kappa shape index (κ1) is 12.2. The number of rotatable bonds is 2. The monoisotopic (exact) mass is 267 g/mol. The molecule has 0 aliphatic heterocycles. The van der Waals surface area contributed by atoms with E-state index >= 15 is 0 Å². The molecule has 1 heterocycles. The average Bonchev–Trinajstić information content (AvgIpc) is 2.36. The molecule has 0 radical (unpaired) electrons. The van der Waals surface area contributed by atoms with E-state index in [-0.39, 0.29) is 0 Å². The van der Waals surface area contributed by atoms with Gasteiger partial charge in [-0.05, 0) is 79.7 Å². The third-order valence-corrected chi connectivity index (χ3v) is 5.91. The van der Waals surface area contributed by atoms with E-state index < -0.39 is 0 Å². The van der Waals surface area contributed by atoms with Gasteiger partial charge in [-0.1, -0.05) is 0 Å². The molecular weight excluding hydrogens is 246 g/mol. The molecular formula is C17H21N3. The fourth-order valence-electron chi connectivity index (χ4n) is 5.71. The highest BCUT2D eigenvalue weighted by molar-refractivity contribution is 5.53. The van der Waals surface area contributed by atoms with E-state index in [9.17, 15) is 5.26 Å². The third kappa shape index (κ3) is 1.82. The Morgan fingerprint density at radius 1 is 1.20 bits per heavy atom. The second-order valence-electron chi connectivity index (χ2n) is 7.44. The van der Waals surface area contributed by atoms with Crippen LogP contribution in [-0.2, 0) is 6.42 Å². The van der Waals surface area contributed by atoms with Crippen LogP contribution in [0.25, 0.3) is 0 Å². The van der Waals surface area contributed by atoms with Gasteiger partial charge in [0.05, 0.1) is 5.56 Å². The van der Waals surface area contributed by atoms with Crippen LogP contribution in [0.4, 0.5) is 5.82 Å². The first-order valence-corrected chi connectivity index (χ1v) is 7.81. The highest BCUT2D eigenvalue weighted by atomic mass is 14.8. The number of hydrogen-bond donors (Lipinski definition) is 1. The second-order valence-corrected chi connectivity index (χ2v) is 7.44. The van der Waals surface area contributed by atoms with Crippen molar-refractivity contribution in [3.05, 3.63) is 23.4 Å². The molecule has 5 rings (SSSR count). The lowest BCUT2D eigenvalue weighted by Crippen LogP contribution is -2.47. The number of anilines is 1. The molecule has 1 aromatic heterocycles. The lowest BCUT2D eigenvalue weighted by molar-refractivity contribution is -0.0522. The van der Waals surface area contributed by atoms with E-state index in [1.165, 1.54) is 38.5 Å². The van der Waals surface area contributed by atoms with Crippen LogP contribution in [0.1, 0.15) is 49.7 Å². The molecule has 1 aromatic rings.